The zero-order chi connectivity index (χ0) is 30.9. The molecule has 0 bridgehead atoms. The lowest BCUT2D eigenvalue weighted by atomic mass is 9.81. The van der Waals surface area contributed by atoms with Crippen LogP contribution in [-0.4, -0.2) is 44.2 Å². The maximum Gasteiger partial charge on any atom is 0.309 e. The molecule has 1 saturated carbocycles. The molecule has 0 unspecified atom stereocenters. The highest BCUT2D eigenvalue weighted by Gasteiger charge is 2.41. The van der Waals surface area contributed by atoms with Gasteiger partial charge in [-0.1, -0.05) is 114 Å². The van der Waals surface area contributed by atoms with E-state index >= 15 is 0 Å². The first-order chi connectivity index (χ1) is 20.8. The lowest BCUT2D eigenvalue weighted by Crippen LogP contribution is -2.37. The van der Waals surface area contributed by atoms with Gasteiger partial charge in [-0.15, -0.1) is 0 Å². The molecule has 1 aliphatic rings. The van der Waals surface area contributed by atoms with Crippen molar-refractivity contribution in [1.82, 2.24) is 4.98 Å². The summed E-state index contributed by atoms with van der Waals surface area (Å²) in [5.74, 6) is -1.68. The van der Waals surface area contributed by atoms with Crippen LogP contribution in [0.15, 0.2) is 42.5 Å². The van der Waals surface area contributed by atoms with Crippen LogP contribution in [0.25, 0.3) is 0 Å². The number of nitrogens with zero attached hydrogens (tertiary/aromatic N) is 1. The van der Waals surface area contributed by atoms with Gasteiger partial charge >= 0.3 is 5.97 Å². The molecule has 4 N–H and O–H groups in total. The van der Waals surface area contributed by atoms with Gasteiger partial charge in [-0.2, -0.15) is 11.4 Å². The van der Waals surface area contributed by atoms with Gasteiger partial charge in [0.05, 0.1) is 23.7 Å². The standard InChI is InChI=1S/C37H58NO5/c1-2-3-4-5-11-18-33(39)19-12-6-7-13-20-34(36(41)42)35(40)25-27-37(43)26-14-17-30(37)28-32-24-23-31(38-32)22-21-29-15-9-8-10-16-29/h8-10,15-16,23-24,30,33-35,39-40,43H,2-7,11-14,17-22,25-28H2,1H3,(H,41,42)/q-1/t30-,33-,34-,35+,37-/m0/s1. The minimum absolute atomic E-state index is 0.0755. The zero-order valence-corrected chi connectivity index (χ0v) is 26.6. The molecule has 3 rings (SSSR count). The SMILES string of the molecule is CCCCCCC[C@H](O)CCCCCC[C@H](C(=O)O)[C@H](O)CC[C@@]1(O)CCC[C@H]1Cc1ccc(CCc2ccccc2)[n-]1. The molecule has 0 aliphatic heterocycles. The van der Waals surface area contributed by atoms with E-state index in [0.717, 1.165) is 82.0 Å². The van der Waals surface area contributed by atoms with Crippen molar-refractivity contribution in [1.29, 1.82) is 0 Å². The molecule has 0 saturated heterocycles. The first kappa shape index (κ1) is 35.3. The Balaban J connectivity index is 1.35. The van der Waals surface area contributed by atoms with Crippen molar-refractivity contribution in [2.75, 3.05) is 0 Å². The Kier molecular flexibility index (Phi) is 15.8. The van der Waals surface area contributed by atoms with E-state index in [0.29, 0.717) is 32.1 Å². The monoisotopic (exact) mass is 596 g/mol. The van der Waals surface area contributed by atoms with Crippen LogP contribution in [0.2, 0.25) is 0 Å². The number of rotatable bonds is 23. The fourth-order valence-corrected chi connectivity index (χ4v) is 6.93. The highest BCUT2D eigenvalue weighted by atomic mass is 16.4. The van der Waals surface area contributed by atoms with Crippen molar-refractivity contribution in [3.05, 3.63) is 59.4 Å². The second-order valence-corrected chi connectivity index (χ2v) is 13.2. The fraction of sp³-hybridized carbons (Fsp3) is 0.703. The van der Waals surface area contributed by atoms with Crippen LogP contribution < -0.4 is 4.98 Å². The molecule has 0 radical (unpaired) electrons. The molecule has 1 fully saturated rings. The van der Waals surface area contributed by atoms with Gasteiger partial charge in [-0.25, -0.2) is 0 Å². The number of carbonyl (C=O) groups is 1. The second-order valence-electron chi connectivity index (χ2n) is 13.2. The lowest BCUT2D eigenvalue weighted by molar-refractivity contribution is -0.146. The zero-order valence-electron chi connectivity index (χ0n) is 26.6. The number of aryl methyl sites for hydroxylation is 2. The molecular weight excluding hydrogens is 538 g/mol. The van der Waals surface area contributed by atoms with Crippen molar-refractivity contribution in [3.63, 3.8) is 0 Å². The van der Waals surface area contributed by atoms with E-state index in [-0.39, 0.29) is 12.0 Å². The van der Waals surface area contributed by atoms with Gasteiger partial charge in [0.2, 0.25) is 0 Å². The largest absolute Gasteiger partial charge is 0.665 e. The van der Waals surface area contributed by atoms with Crippen molar-refractivity contribution in [3.8, 4) is 0 Å². The van der Waals surface area contributed by atoms with Crippen molar-refractivity contribution in [2.24, 2.45) is 11.8 Å². The highest BCUT2D eigenvalue weighted by molar-refractivity contribution is 5.70. The third-order valence-electron chi connectivity index (χ3n) is 9.74. The van der Waals surface area contributed by atoms with Gasteiger partial charge in [0.25, 0.3) is 0 Å². The normalized spacial score (nSPS) is 20.7. The Bertz CT molecular complexity index is 1020. The number of aliphatic carboxylic acids is 1. The molecule has 2 aromatic rings. The average molecular weight is 597 g/mol. The molecule has 242 valence electrons. The molecule has 43 heavy (non-hydrogen) atoms. The average Bonchev–Trinajstić information content (AvgIpc) is 3.61. The third-order valence-corrected chi connectivity index (χ3v) is 9.74. The Hall–Kier alpha value is -2.15. The Morgan fingerprint density at radius 3 is 2.19 bits per heavy atom. The number of hydrogen-bond donors (Lipinski definition) is 4. The van der Waals surface area contributed by atoms with Crippen LogP contribution in [0.5, 0.6) is 0 Å². The molecule has 1 heterocycles. The lowest BCUT2D eigenvalue weighted by Gasteiger charge is -2.33. The number of carboxylic acids is 1. The molecule has 0 spiro atoms. The quantitative estimate of drug-likeness (QED) is 0.0994. The summed E-state index contributed by atoms with van der Waals surface area (Å²) in [6, 6.07) is 14.6. The first-order valence-electron chi connectivity index (χ1n) is 17.3. The maximum absolute atomic E-state index is 12.0. The van der Waals surface area contributed by atoms with E-state index < -0.39 is 23.6 Å². The maximum atomic E-state index is 12.0. The summed E-state index contributed by atoms with van der Waals surface area (Å²) >= 11 is 0. The van der Waals surface area contributed by atoms with E-state index in [2.05, 4.69) is 43.3 Å². The minimum Gasteiger partial charge on any atom is -0.665 e. The summed E-state index contributed by atoms with van der Waals surface area (Å²) < 4.78 is 0. The number of carboxylic acid groups (broad SMARTS) is 1. The van der Waals surface area contributed by atoms with E-state index in [4.69, 9.17) is 4.98 Å². The Morgan fingerprint density at radius 1 is 0.860 bits per heavy atom. The number of aliphatic hydroxyl groups is 3. The first-order valence-corrected chi connectivity index (χ1v) is 17.3. The smallest absolute Gasteiger partial charge is 0.309 e. The predicted octanol–water partition coefficient (Wildman–Crippen LogP) is 7.41. The highest BCUT2D eigenvalue weighted by Crippen LogP contribution is 2.41. The van der Waals surface area contributed by atoms with Gasteiger partial charge < -0.3 is 25.4 Å². The number of aromatic nitrogens is 1. The Morgan fingerprint density at radius 2 is 1.51 bits per heavy atom. The van der Waals surface area contributed by atoms with E-state index in [1.807, 2.05) is 6.07 Å². The summed E-state index contributed by atoms with van der Waals surface area (Å²) in [5, 5.41) is 42.4. The summed E-state index contributed by atoms with van der Waals surface area (Å²) in [5.41, 5.74) is 2.50. The number of unbranched alkanes of at least 4 members (excludes halogenated alkanes) is 7. The topological polar surface area (TPSA) is 112 Å². The summed E-state index contributed by atoms with van der Waals surface area (Å²) in [4.78, 5) is 16.8. The van der Waals surface area contributed by atoms with E-state index in [9.17, 15) is 25.2 Å². The number of hydrogen-bond acceptors (Lipinski definition) is 4. The molecule has 1 aromatic heterocycles. The third kappa shape index (κ3) is 12.8. The van der Waals surface area contributed by atoms with Crippen LogP contribution >= 0.6 is 0 Å². The van der Waals surface area contributed by atoms with Crippen molar-refractivity contribution >= 4 is 5.97 Å². The molecule has 0 amide bonds. The second kappa shape index (κ2) is 19.3. The van der Waals surface area contributed by atoms with E-state index in [1.54, 1.807) is 0 Å². The van der Waals surface area contributed by atoms with Crippen molar-refractivity contribution < 1.29 is 25.2 Å². The molecule has 6 nitrogen and oxygen atoms in total. The van der Waals surface area contributed by atoms with Crippen LogP contribution in [0.4, 0.5) is 0 Å². The van der Waals surface area contributed by atoms with Crippen LogP contribution in [0.3, 0.4) is 0 Å². The Labute approximate surface area is 260 Å². The van der Waals surface area contributed by atoms with Crippen LogP contribution in [-0.2, 0) is 24.1 Å². The van der Waals surface area contributed by atoms with Gasteiger partial charge in [0.1, 0.15) is 0 Å². The minimum atomic E-state index is -0.959. The summed E-state index contributed by atoms with van der Waals surface area (Å²) in [6.45, 7) is 2.21. The van der Waals surface area contributed by atoms with Gasteiger partial charge in [-0.05, 0) is 75.7 Å². The van der Waals surface area contributed by atoms with E-state index in [1.165, 1.54) is 31.2 Å². The van der Waals surface area contributed by atoms with Gasteiger partial charge in [-0.3, -0.25) is 4.79 Å². The van der Waals surface area contributed by atoms with Crippen LogP contribution in [0.1, 0.15) is 133 Å². The number of benzene rings is 1. The molecule has 6 heteroatoms. The van der Waals surface area contributed by atoms with Gasteiger partial charge in [0, 0.05) is 0 Å². The molecule has 5 atom stereocenters. The summed E-state index contributed by atoms with van der Waals surface area (Å²) in [7, 11) is 0. The summed E-state index contributed by atoms with van der Waals surface area (Å²) in [6.07, 6.45) is 16.4. The molecule has 1 aliphatic carbocycles. The van der Waals surface area contributed by atoms with Crippen LogP contribution in [0, 0.1) is 11.8 Å². The molecule has 1 aromatic carbocycles. The van der Waals surface area contributed by atoms with Crippen molar-refractivity contribution in [2.45, 2.75) is 153 Å². The predicted molar refractivity (Wildman–Crippen MR) is 173 cm³/mol. The molecular formula is C37H58NO5-. The fourth-order valence-electron chi connectivity index (χ4n) is 6.93. The number of aliphatic hydroxyl groups excluding tert-OH is 2. The van der Waals surface area contributed by atoms with Gasteiger partial charge in [0.15, 0.2) is 0 Å².